The molecule has 0 amide bonds. The van der Waals surface area contributed by atoms with E-state index in [2.05, 4.69) is 38.2 Å². The summed E-state index contributed by atoms with van der Waals surface area (Å²) >= 11 is 8.58. The van der Waals surface area contributed by atoms with E-state index in [1.54, 1.807) is 10.9 Å². The Morgan fingerprint density at radius 2 is 2.39 bits per heavy atom. The third-order valence-corrected chi connectivity index (χ3v) is 3.12. The lowest BCUT2D eigenvalue weighted by Gasteiger charge is -1.98. The van der Waals surface area contributed by atoms with Gasteiger partial charge in [0.1, 0.15) is 0 Å². The molecule has 2 aromatic rings. The van der Waals surface area contributed by atoms with Gasteiger partial charge in [-0.3, -0.25) is 5.10 Å². The molecule has 1 aromatic carbocycles. The van der Waals surface area contributed by atoms with E-state index in [1.807, 2.05) is 24.3 Å². The number of nitrogens with one attached hydrogen (secondary N) is 1. The summed E-state index contributed by atoms with van der Waals surface area (Å²) in [6, 6.07) is 7.92. The SMILES string of the molecule is CCCc1n[nH]c(=S)n1/N=C/c1cccc(Br)c1. The number of nitrogens with zero attached hydrogens (tertiary/aromatic N) is 3. The number of benzene rings is 1. The number of hydrogen-bond acceptors (Lipinski definition) is 3. The molecule has 0 bridgehead atoms. The lowest BCUT2D eigenvalue weighted by Crippen LogP contribution is -1.98. The lowest BCUT2D eigenvalue weighted by molar-refractivity contribution is 0.740. The molecule has 1 aromatic heterocycles. The number of hydrogen-bond donors (Lipinski definition) is 1. The first kappa shape index (κ1) is 13.2. The predicted octanol–water partition coefficient (Wildman–Crippen LogP) is 3.54. The van der Waals surface area contributed by atoms with Crippen LogP contribution in [0.5, 0.6) is 0 Å². The Kier molecular flexibility index (Phi) is 4.43. The second kappa shape index (κ2) is 6.06. The maximum absolute atomic E-state index is 5.15. The molecule has 0 fully saturated rings. The molecule has 0 unspecified atom stereocenters. The molecule has 6 heteroatoms. The Bertz CT molecular complexity index is 615. The van der Waals surface area contributed by atoms with E-state index in [1.165, 1.54) is 0 Å². The van der Waals surface area contributed by atoms with Crippen molar-refractivity contribution in [1.82, 2.24) is 14.9 Å². The molecule has 0 aliphatic carbocycles. The van der Waals surface area contributed by atoms with Crippen LogP contribution in [0.3, 0.4) is 0 Å². The van der Waals surface area contributed by atoms with Crippen LogP contribution in [0.1, 0.15) is 24.7 Å². The van der Waals surface area contributed by atoms with Gasteiger partial charge < -0.3 is 0 Å². The van der Waals surface area contributed by atoms with Crippen LogP contribution < -0.4 is 0 Å². The molecule has 0 atom stereocenters. The maximum Gasteiger partial charge on any atom is 0.216 e. The topological polar surface area (TPSA) is 46.0 Å². The molecule has 0 aliphatic rings. The highest BCUT2D eigenvalue weighted by Crippen LogP contribution is 2.10. The first-order valence-corrected chi connectivity index (χ1v) is 6.87. The Hall–Kier alpha value is -1.27. The van der Waals surface area contributed by atoms with Crippen molar-refractivity contribution in [3.8, 4) is 0 Å². The molecule has 1 N–H and O–H groups in total. The van der Waals surface area contributed by atoms with Crippen LogP contribution >= 0.6 is 28.1 Å². The van der Waals surface area contributed by atoms with Crippen molar-refractivity contribution < 1.29 is 0 Å². The molecule has 2 rings (SSSR count). The van der Waals surface area contributed by atoms with Gasteiger partial charge in [0, 0.05) is 10.9 Å². The Morgan fingerprint density at radius 1 is 1.56 bits per heavy atom. The van der Waals surface area contributed by atoms with Crippen molar-refractivity contribution in [3.05, 3.63) is 44.9 Å². The van der Waals surface area contributed by atoms with E-state index < -0.39 is 0 Å². The van der Waals surface area contributed by atoms with Gasteiger partial charge in [-0.05, 0) is 36.3 Å². The normalized spacial score (nSPS) is 11.2. The largest absolute Gasteiger partial charge is 0.250 e. The van der Waals surface area contributed by atoms with Crippen LogP contribution in [0.25, 0.3) is 0 Å². The molecular weight excluding hydrogens is 312 g/mol. The molecule has 0 spiro atoms. The smallest absolute Gasteiger partial charge is 0.216 e. The summed E-state index contributed by atoms with van der Waals surface area (Å²) in [5.74, 6) is 0.855. The highest BCUT2D eigenvalue weighted by Gasteiger charge is 2.02. The Morgan fingerprint density at radius 3 is 3.11 bits per heavy atom. The number of aryl methyl sites for hydroxylation is 1. The Labute approximate surface area is 119 Å². The average Bonchev–Trinajstić information content (AvgIpc) is 2.69. The predicted molar refractivity (Wildman–Crippen MR) is 78.5 cm³/mol. The molecule has 18 heavy (non-hydrogen) atoms. The number of aromatic nitrogens is 3. The van der Waals surface area contributed by atoms with Crippen LogP contribution in [0.2, 0.25) is 0 Å². The second-order valence-corrected chi connectivity index (χ2v) is 5.11. The number of rotatable bonds is 4. The zero-order chi connectivity index (χ0) is 13.0. The minimum atomic E-state index is 0.518. The molecule has 1 heterocycles. The van der Waals surface area contributed by atoms with E-state index in [9.17, 15) is 0 Å². The third kappa shape index (κ3) is 3.14. The van der Waals surface area contributed by atoms with Gasteiger partial charge in [-0.2, -0.15) is 14.9 Å². The summed E-state index contributed by atoms with van der Waals surface area (Å²) in [5, 5.41) is 11.3. The third-order valence-electron chi connectivity index (χ3n) is 2.36. The standard InChI is InChI=1S/C12H13BrN4S/c1-2-4-11-15-16-12(18)17(11)14-8-9-5-3-6-10(13)7-9/h3,5-8H,2,4H2,1H3,(H,16,18)/b14-8+. The van der Waals surface area contributed by atoms with E-state index >= 15 is 0 Å². The minimum absolute atomic E-state index is 0.518. The highest BCUT2D eigenvalue weighted by atomic mass is 79.9. The molecule has 0 saturated carbocycles. The van der Waals surface area contributed by atoms with Gasteiger partial charge in [0.15, 0.2) is 5.82 Å². The van der Waals surface area contributed by atoms with E-state index in [4.69, 9.17) is 12.2 Å². The van der Waals surface area contributed by atoms with E-state index in [-0.39, 0.29) is 0 Å². The summed E-state index contributed by atoms with van der Waals surface area (Å²) in [5.41, 5.74) is 1.01. The van der Waals surface area contributed by atoms with Crippen molar-refractivity contribution in [2.45, 2.75) is 19.8 Å². The van der Waals surface area contributed by atoms with Crippen LogP contribution in [0.15, 0.2) is 33.8 Å². The van der Waals surface area contributed by atoms with Gasteiger partial charge >= 0.3 is 0 Å². The van der Waals surface area contributed by atoms with Crippen molar-refractivity contribution in [2.24, 2.45) is 5.10 Å². The molecule has 0 radical (unpaired) electrons. The molecule has 0 saturated heterocycles. The van der Waals surface area contributed by atoms with Gasteiger partial charge in [0.05, 0.1) is 6.21 Å². The number of H-pyrrole nitrogens is 1. The fourth-order valence-corrected chi connectivity index (χ4v) is 2.16. The molecular formula is C12H13BrN4S. The van der Waals surface area contributed by atoms with E-state index in [0.717, 1.165) is 28.7 Å². The number of halogens is 1. The van der Waals surface area contributed by atoms with Gasteiger partial charge in [0.2, 0.25) is 4.77 Å². The monoisotopic (exact) mass is 324 g/mol. The summed E-state index contributed by atoms with van der Waals surface area (Å²) in [6.07, 6.45) is 3.63. The Balaban J connectivity index is 2.28. The fraction of sp³-hybridized carbons (Fsp3) is 0.250. The molecule has 4 nitrogen and oxygen atoms in total. The van der Waals surface area contributed by atoms with Crippen LogP contribution in [-0.2, 0) is 6.42 Å². The van der Waals surface area contributed by atoms with Crippen LogP contribution in [-0.4, -0.2) is 21.1 Å². The summed E-state index contributed by atoms with van der Waals surface area (Å²) in [6.45, 7) is 2.10. The summed E-state index contributed by atoms with van der Waals surface area (Å²) in [4.78, 5) is 0. The van der Waals surface area contributed by atoms with Crippen molar-refractivity contribution in [1.29, 1.82) is 0 Å². The number of aromatic amines is 1. The summed E-state index contributed by atoms with van der Waals surface area (Å²) < 4.78 is 3.21. The zero-order valence-electron chi connectivity index (χ0n) is 9.93. The van der Waals surface area contributed by atoms with Gasteiger partial charge in [-0.25, -0.2) is 0 Å². The van der Waals surface area contributed by atoms with E-state index in [0.29, 0.717) is 4.77 Å². The van der Waals surface area contributed by atoms with Crippen molar-refractivity contribution in [3.63, 3.8) is 0 Å². The zero-order valence-corrected chi connectivity index (χ0v) is 12.3. The van der Waals surface area contributed by atoms with Crippen molar-refractivity contribution >= 4 is 34.4 Å². The van der Waals surface area contributed by atoms with Gasteiger partial charge in [-0.15, -0.1) is 0 Å². The van der Waals surface area contributed by atoms with Crippen molar-refractivity contribution in [2.75, 3.05) is 0 Å². The maximum atomic E-state index is 5.15. The van der Waals surface area contributed by atoms with Gasteiger partial charge in [-0.1, -0.05) is 35.0 Å². The second-order valence-electron chi connectivity index (χ2n) is 3.81. The van der Waals surface area contributed by atoms with Gasteiger partial charge in [0.25, 0.3) is 0 Å². The highest BCUT2D eigenvalue weighted by molar-refractivity contribution is 9.10. The fourth-order valence-electron chi connectivity index (χ4n) is 1.54. The molecule has 0 aliphatic heterocycles. The quantitative estimate of drug-likeness (QED) is 0.690. The lowest BCUT2D eigenvalue weighted by atomic mass is 10.2. The first-order valence-electron chi connectivity index (χ1n) is 5.67. The first-order chi connectivity index (χ1) is 8.70. The minimum Gasteiger partial charge on any atom is -0.250 e. The summed E-state index contributed by atoms with van der Waals surface area (Å²) in [7, 11) is 0. The average molecular weight is 325 g/mol. The molecule has 94 valence electrons. The van der Waals surface area contributed by atoms with Crippen LogP contribution in [0.4, 0.5) is 0 Å². The van der Waals surface area contributed by atoms with Crippen LogP contribution in [0, 0.1) is 4.77 Å².